The lowest BCUT2D eigenvalue weighted by atomic mass is 9.99. The van der Waals surface area contributed by atoms with Crippen molar-refractivity contribution in [1.82, 2.24) is 14.9 Å². The first-order valence-electron chi connectivity index (χ1n) is 8.14. The van der Waals surface area contributed by atoms with E-state index < -0.39 is 0 Å². The fraction of sp³-hybridized carbons (Fsp3) is 0.389. The summed E-state index contributed by atoms with van der Waals surface area (Å²) in [5.74, 6) is 0.897. The lowest BCUT2D eigenvalue weighted by molar-refractivity contribution is -0.137. The number of aryl methyl sites for hydroxylation is 1. The highest BCUT2D eigenvalue weighted by Crippen LogP contribution is 2.42. The van der Waals surface area contributed by atoms with Gasteiger partial charge in [0.15, 0.2) is 6.61 Å². The molecule has 1 fully saturated rings. The van der Waals surface area contributed by atoms with Crippen molar-refractivity contribution in [2.45, 2.75) is 38.3 Å². The maximum absolute atomic E-state index is 12.9. The van der Waals surface area contributed by atoms with Gasteiger partial charge in [0.25, 0.3) is 5.91 Å². The Labute approximate surface area is 139 Å². The second kappa shape index (κ2) is 5.85. The van der Waals surface area contributed by atoms with Crippen molar-refractivity contribution in [2.75, 3.05) is 6.61 Å². The average Bonchev–Trinajstić information content (AvgIpc) is 2.89. The van der Waals surface area contributed by atoms with Gasteiger partial charge in [0.1, 0.15) is 17.4 Å². The summed E-state index contributed by atoms with van der Waals surface area (Å²) >= 11 is 0. The van der Waals surface area contributed by atoms with Gasteiger partial charge < -0.3 is 9.64 Å². The number of benzene rings is 1. The molecule has 124 valence electrons. The van der Waals surface area contributed by atoms with E-state index in [1.54, 1.807) is 0 Å². The summed E-state index contributed by atoms with van der Waals surface area (Å²) in [6.45, 7) is 1.84. The van der Waals surface area contributed by atoms with Crippen LogP contribution in [0.4, 0.5) is 4.39 Å². The minimum atomic E-state index is -0.324. The van der Waals surface area contributed by atoms with Crippen molar-refractivity contribution < 1.29 is 13.9 Å². The zero-order valence-corrected chi connectivity index (χ0v) is 13.4. The molecular weight excluding hydrogens is 309 g/mol. The number of halogens is 1. The number of ether oxygens (including phenoxy) is 1. The molecule has 0 saturated carbocycles. The Morgan fingerprint density at radius 1 is 1.33 bits per heavy atom. The lowest BCUT2D eigenvalue weighted by Gasteiger charge is -2.35. The first kappa shape index (κ1) is 15.1. The standard InChI is InChI=1S/C18H18FN3O2/c1-11-20-9-15-16(21-11)8-13-4-7-17(15)22(13)18(23)10-24-14-5-2-12(19)3-6-14/h2-3,5-6,9,13,17H,4,7-8,10H2,1H3/t13-,17+/m0/s1. The Hall–Kier alpha value is -2.50. The first-order chi connectivity index (χ1) is 11.6. The van der Waals surface area contributed by atoms with Crippen molar-refractivity contribution in [3.8, 4) is 5.75 Å². The molecule has 4 rings (SSSR count). The first-order valence-corrected chi connectivity index (χ1v) is 8.14. The third-order valence-electron chi connectivity index (χ3n) is 4.77. The highest BCUT2D eigenvalue weighted by atomic mass is 19.1. The molecule has 1 saturated heterocycles. The molecule has 6 heteroatoms. The van der Waals surface area contributed by atoms with Crippen LogP contribution in [0.5, 0.6) is 5.75 Å². The van der Waals surface area contributed by atoms with Crippen LogP contribution in [-0.4, -0.2) is 33.4 Å². The molecule has 5 nitrogen and oxygen atoms in total. The SMILES string of the molecule is Cc1ncc2c(n1)C[C@@H]1CC[C@H]2N1C(=O)COc1ccc(F)cc1. The molecule has 2 aromatic rings. The van der Waals surface area contributed by atoms with Crippen LogP contribution >= 0.6 is 0 Å². The van der Waals surface area contributed by atoms with E-state index in [-0.39, 0.29) is 30.4 Å². The second-order valence-electron chi connectivity index (χ2n) is 6.31. The second-order valence-corrected chi connectivity index (χ2v) is 6.31. The molecule has 1 aromatic heterocycles. The van der Waals surface area contributed by atoms with E-state index in [9.17, 15) is 9.18 Å². The number of carbonyl (C=O) groups excluding carboxylic acids is 1. The highest BCUT2D eigenvalue weighted by molar-refractivity contribution is 5.79. The molecule has 2 aliphatic rings. The number of fused-ring (bicyclic) bond motifs is 4. The molecule has 24 heavy (non-hydrogen) atoms. The summed E-state index contributed by atoms with van der Waals surface area (Å²) in [6.07, 6.45) is 4.54. The lowest BCUT2D eigenvalue weighted by Crippen LogP contribution is -2.44. The summed E-state index contributed by atoms with van der Waals surface area (Å²) in [4.78, 5) is 23.4. The summed E-state index contributed by atoms with van der Waals surface area (Å²) in [6, 6.07) is 5.92. The quantitative estimate of drug-likeness (QED) is 0.869. The number of rotatable bonds is 3. The molecule has 2 bridgehead atoms. The molecule has 0 N–H and O–H groups in total. The molecule has 3 heterocycles. The molecule has 1 aromatic carbocycles. The van der Waals surface area contributed by atoms with E-state index in [2.05, 4.69) is 9.97 Å². The predicted molar refractivity (Wildman–Crippen MR) is 85.0 cm³/mol. The highest BCUT2D eigenvalue weighted by Gasteiger charge is 2.43. The maximum Gasteiger partial charge on any atom is 0.261 e. The molecule has 1 amide bonds. The van der Waals surface area contributed by atoms with Crippen molar-refractivity contribution in [2.24, 2.45) is 0 Å². The maximum atomic E-state index is 12.9. The summed E-state index contributed by atoms with van der Waals surface area (Å²) in [5.41, 5.74) is 2.13. The summed E-state index contributed by atoms with van der Waals surface area (Å²) < 4.78 is 18.4. The minimum Gasteiger partial charge on any atom is -0.484 e. The fourth-order valence-corrected chi connectivity index (χ4v) is 3.71. The van der Waals surface area contributed by atoms with Crippen LogP contribution < -0.4 is 4.74 Å². The van der Waals surface area contributed by atoms with Gasteiger partial charge in [-0.3, -0.25) is 4.79 Å². The average molecular weight is 327 g/mol. The van der Waals surface area contributed by atoms with E-state index in [0.29, 0.717) is 5.75 Å². The van der Waals surface area contributed by atoms with Gasteiger partial charge in [0.2, 0.25) is 0 Å². The van der Waals surface area contributed by atoms with Crippen LogP contribution in [0.1, 0.15) is 36.0 Å². The van der Waals surface area contributed by atoms with Gasteiger partial charge >= 0.3 is 0 Å². The monoisotopic (exact) mass is 327 g/mol. The number of carbonyl (C=O) groups is 1. The van der Waals surface area contributed by atoms with Crippen LogP contribution in [0.25, 0.3) is 0 Å². The fourth-order valence-electron chi connectivity index (χ4n) is 3.71. The van der Waals surface area contributed by atoms with Gasteiger partial charge in [0, 0.05) is 24.2 Å². The van der Waals surface area contributed by atoms with Gasteiger partial charge in [-0.05, 0) is 44.0 Å². The van der Waals surface area contributed by atoms with E-state index in [4.69, 9.17) is 4.74 Å². The van der Waals surface area contributed by atoms with Crippen LogP contribution in [-0.2, 0) is 11.2 Å². The number of aromatic nitrogens is 2. The van der Waals surface area contributed by atoms with Gasteiger partial charge in [-0.25, -0.2) is 14.4 Å². The normalized spacial score (nSPS) is 21.5. The van der Waals surface area contributed by atoms with Crippen LogP contribution in [0.2, 0.25) is 0 Å². The number of hydrogen-bond donors (Lipinski definition) is 0. The van der Waals surface area contributed by atoms with E-state index >= 15 is 0 Å². The third-order valence-corrected chi connectivity index (χ3v) is 4.77. The smallest absolute Gasteiger partial charge is 0.261 e. The van der Waals surface area contributed by atoms with Gasteiger partial charge in [0.05, 0.1) is 11.7 Å². The largest absolute Gasteiger partial charge is 0.484 e. The Morgan fingerprint density at radius 3 is 2.92 bits per heavy atom. The third kappa shape index (κ3) is 2.62. The van der Waals surface area contributed by atoms with Crippen LogP contribution in [0.15, 0.2) is 30.5 Å². The Balaban J connectivity index is 1.49. The molecule has 0 radical (unpaired) electrons. The van der Waals surface area contributed by atoms with Crippen LogP contribution in [0.3, 0.4) is 0 Å². The zero-order chi connectivity index (χ0) is 16.7. The molecule has 0 spiro atoms. The van der Waals surface area contributed by atoms with Crippen molar-refractivity contribution >= 4 is 5.91 Å². The van der Waals surface area contributed by atoms with Gasteiger partial charge in [-0.1, -0.05) is 0 Å². The van der Waals surface area contributed by atoms with E-state index in [0.717, 1.165) is 36.3 Å². The Morgan fingerprint density at radius 2 is 2.12 bits per heavy atom. The van der Waals surface area contributed by atoms with Crippen molar-refractivity contribution in [1.29, 1.82) is 0 Å². The number of nitrogens with zero attached hydrogens (tertiary/aromatic N) is 3. The summed E-state index contributed by atoms with van der Waals surface area (Å²) in [5, 5.41) is 0. The molecule has 0 unspecified atom stereocenters. The molecule has 2 aliphatic heterocycles. The zero-order valence-electron chi connectivity index (χ0n) is 13.4. The van der Waals surface area contributed by atoms with E-state index in [1.165, 1.54) is 24.3 Å². The van der Waals surface area contributed by atoms with Crippen LogP contribution in [0, 0.1) is 12.7 Å². The molecule has 2 atom stereocenters. The van der Waals surface area contributed by atoms with Crippen molar-refractivity contribution in [3.63, 3.8) is 0 Å². The van der Waals surface area contributed by atoms with Gasteiger partial charge in [-0.15, -0.1) is 0 Å². The van der Waals surface area contributed by atoms with Crippen molar-refractivity contribution in [3.05, 3.63) is 53.4 Å². The number of amides is 1. The summed E-state index contributed by atoms with van der Waals surface area (Å²) in [7, 11) is 0. The Kier molecular flexibility index (Phi) is 3.67. The van der Waals surface area contributed by atoms with Gasteiger partial charge in [-0.2, -0.15) is 0 Å². The minimum absolute atomic E-state index is 0.0410. The number of hydrogen-bond acceptors (Lipinski definition) is 4. The molecule has 0 aliphatic carbocycles. The predicted octanol–water partition coefficient (Wildman–Crippen LogP) is 2.59. The topological polar surface area (TPSA) is 55.3 Å². The Bertz CT molecular complexity index is 778. The van der Waals surface area contributed by atoms with E-state index in [1.807, 2.05) is 18.0 Å². The molecular formula is C18H18FN3O2.